The molecule has 1 aromatic carbocycles. The molecule has 0 spiro atoms. The van der Waals surface area contributed by atoms with Crippen LogP contribution in [0.25, 0.3) is 0 Å². The summed E-state index contributed by atoms with van der Waals surface area (Å²) >= 11 is 0. The average Bonchev–Trinajstić information content (AvgIpc) is 2.65. The van der Waals surface area contributed by atoms with Crippen molar-refractivity contribution in [2.45, 2.75) is 19.8 Å². The Morgan fingerprint density at radius 2 is 1.56 bits per heavy atom. The summed E-state index contributed by atoms with van der Waals surface area (Å²) in [5.41, 5.74) is 1.57. The number of carbonyl (C=O) groups excluding carboxylic acids is 1. The van der Waals surface area contributed by atoms with Gasteiger partial charge in [0.05, 0.1) is 28.4 Å². The number of nitrogens with zero attached hydrogens (tertiary/aromatic N) is 2. The number of rotatable bonds is 7. The number of hydrogen-bond donors (Lipinski definition) is 0. The van der Waals surface area contributed by atoms with Gasteiger partial charge in [-0.15, -0.1) is 0 Å². The summed E-state index contributed by atoms with van der Waals surface area (Å²) in [4.78, 5) is 21.2. The molecule has 0 unspecified atom stereocenters. The lowest BCUT2D eigenvalue weighted by molar-refractivity contribution is 0.103. The molecule has 7 heteroatoms. The van der Waals surface area contributed by atoms with E-state index in [0.29, 0.717) is 17.1 Å². The number of hydrogen-bond acceptors (Lipinski definition) is 7. The van der Waals surface area contributed by atoms with Crippen molar-refractivity contribution in [2.75, 3.05) is 28.4 Å². The van der Waals surface area contributed by atoms with Crippen molar-refractivity contribution in [3.8, 4) is 23.4 Å². The van der Waals surface area contributed by atoms with Crippen LogP contribution in [0.4, 0.5) is 0 Å². The first-order chi connectivity index (χ1) is 12.0. The summed E-state index contributed by atoms with van der Waals surface area (Å²) in [6, 6.07) is 3.61. The van der Waals surface area contributed by atoms with Crippen molar-refractivity contribution < 1.29 is 23.7 Å². The van der Waals surface area contributed by atoms with E-state index in [1.165, 1.54) is 27.5 Å². The maximum atomic E-state index is 13.1. The quantitative estimate of drug-likeness (QED) is 0.713. The topological polar surface area (TPSA) is 79.8 Å². The molecule has 0 saturated carbocycles. The zero-order valence-corrected chi connectivity index (χ0v) is 15.2. The molecule has 0 radical (unpaired) electrons. The summed E-state index contributed by atoms with van der Waals surface area (Å²) in [5.74, 6) is 1.04. The largest absolute Gasteiger partial charge is 0.493 e. The number of aromatic nitrogens is 2. The first-order valence-electron chi connectivity index (χ1n) is 7.72. The van der Waals surface area contributed by atoms with E-state index in [4.69, 9.17) is 18.9 Å². The third-order valence-electron chi connectivity index (χ3n) is 3.77. The Bertz CT molecular complexity index is 774. The predicted octanol–water partition coefficient (Wildman–Crippen LogP) is 2.87. The van der Waals surface area contributed by atoms with E-state index in [2.05, 4.69) is 9.97 Å². The number of methoxy groups -OCH3 is 4. The van der Waals surface area contributed by atoms with Crippen LogP contribution < -0.4 is 18.9 Å². The third kappa shape index (κ3) is 3.65. The van der Waals surface area contributed by atoms with Gasteiger partial charge in [0.15, 0.2) is 17.3 Å². The number of ether oxygens (including phenoxy) is 4. The first-order valence-corrected chi connectivity index (χ1v) is 7.72. The number of ketones is 1. The SMILES string of the molecule is COc1ncc(C(=O)c2cc(OC)c(OC)cc2C(C)C)c(OC)n1. The Morgan fingerprint density at radius 3 is 2.08 bits per heavy atom. The third-order valence-corrected chi connectivity index (χ3v) is 3.77. The van der Waals surface area contributed by atoms with Crippen molar-refractivity contribution >= 4 is 5.78 Å². The molecular weight excluding hydrogens is 324 g/mol. The smallest absolute Gasteiger partial charge is 0.319 e. The van der Waals surface area contributed by atoms with Gasteiger partial charge in [-0.05, 0) is 23.6 Å². The van der Waals surface area contributed by atoms with Gasteiger partial charge in [-0.1, -0.05) is 13.8 Å². The van der Waals surface area contributed by atoms with E-state index in [0.717, 1.165) is 5.56 Å². The highest BCUT2D eigenvalue weighted by Crippen LogP contribution is 2.35. The molecule has 0 atom stereocenters. The highest BCUT2D eigenvalue weighted by molar-refractivity contribution is 6.11. The maximum Gasteiger partial charge on any atom is 0.319 e. The van der Waals surface area contributed by atoms with E-state index in [-0.39, 0.29) is 29.2 Å². The van der Waals surface area contributed by atoms with Gasteiger partial charge in [-0.2, -0.15) is 4.98 Å². The van der Waals surface area contributed by atoms with Gasteiger partial charge in [0.25, 0.3) is 0 Å². The lowest BCUT2D eigenvalue weighted by atomic mass is 9.92. The van der Waals surface area contributed by atoms with E-state index >= 15 is 0 Å². The lowest BCUT2D eigenvalue weighted by Gasteiger charge is -2.17. The molecule has 0 saturated heterocycles. The monoisotopic (exact) mass is 346 g/mol. The van der Waals surface area contributed by atoms with Gasteiger partial charge in [-0.25, -0.2) is 4.98 Å². The summed E-state index contributed by atoms with van der Waals surface area (Å²) in [6.07, 6.45) is 1.40. The summed E-state index contributed by atoms with van der Waals surface area (Å²) in [6.45, 7) is 4.00. The Hall–Kier alpha value is -2.83. The van der Waals surface area contributed by atoms with Gasteiger partial charge in [-0.3, -0.25) is 4.79 Å². The van der Waals surface area contributed by atoms with Crippen molar-refractivity contribution in [3.05, 3.63) is 35.0 Å². The molecule has 0 aliphatic rings. The molecule has 0 amide bonds. The molecule has 0 fully saturated rings. The van der Waals surface area contributed by atoms with Crippen LogP contribution in [0.1, 0.15) is 41.3 Å². The predicted molar refractivity (Wildman–Crippen MR) is 92.2 cm³/mol. The van der Waals surface area contributed by atoms with Gasteiger partial charge in [0, 0.05) is 11.8 Å². The van der Waals surface area contributed by atoms with Crippen LogP contribution in [-0.2, 0) is 0 Å². The fourth-order valence-corrected chi connectivity index (χ4v) is 2.47. The molecule has 25 heavy (non-hydrogen) atoms. The Kier molecular flexibility index (Phi) is 5.80. The minimum atomic E-state index is -0.260. The second kappa shape index (κ2) is 7.83. The van der Waals surface area contributed by atoms with E-state index in [9.17, 15) is 4.79 Å². The van der Waals surface area contributed by atoms with E-state index < -0.39 is 0 Å². The molecule has 0 bridgehead atoms. The van der Waals surface area contributed by atoms with Crippen molar-refractivity contribution in [2.24, 2.45) is 0 Å². The molecular formula is C18H22N2O5. The maximum absolute atomic E-state index is 13.1. The highest BCUT2D eigenvalue weighted by Gasteiger charge is 2.23. The second-order valence-electron chi connectivity index (χ2n) is 5.56. The zero-order valence-electron chi connectivity index (χ0n) is 15.2. The lowest BCUT2D eigenvalue weighted by Crippen LogP contribution is -2.11. The second-order valence-corrected chi connectivity index (χ2v) is 5.56. The molecule has 0 aliphatic carbocycles. The minimum absolute atomic E-state index is 0.101. The van der Waals surface area contributed by atoms with Gasteiger partial charge in [0.2, 0.25) is 5.88 Å². The van der Waals surface area contributed by atoms with Crippen LogP contribution in [0.5, 0.6) is 23.4 Å². The normalized spacial score (nSPS) is 10.5. The fraction of sp³-hybridized carbons (Fsp3) is 0.389. The Labute approximate surface area is 146 Å². The zero-order chi connectivity index (χ0) is 18.6. The summed E-state index contributed by atoms with van der Waals surface area (Å²) in [7, 11) is 5.97. The average molecular weight is 346 g/mol. The molecule has 134 valence electrons. The van der Waals surface area contributed by atoms with Crippen LogP contribution in [0, 0.1) is 0 Å². The standard InChI is InChI=1S/C18H22N2O5/c1-10(2)11-7-14(22-3)15(23-4)8-12(11)16(21)13-9-19-18(25-6)20-17(13)24-5/h7-10H,1-6H3. The molecule has 2 rings (SSSR count). The van der Waals surface area contributed by atoms with Crippen molar-refractivity contribution in [3.63, 3.8) is 0 Å². The molecule has 1 aromatic heterocycles. The van der Waals surface area contributed by atoms with Gasteiger partial charge >= 0.3 is 6.01 Å². The minimum Gasteiger partial charge on any atom is -0.493 e. The molecule has 7 nitrogen and oxygen atoms in total. The molecule has 2 aromatic rings. The van der Waals surface area contributed by atoms with Gasteiger partial charge in [0.1, 0.15) is 5.56 Å². The highest BCUT2D eigenvalue weighted by atomic mass is 16.5. The molecule has 0 N–H and O–H groups in total. The van der Waals surface area contributed by atoms with Crippen LogP contribution in [0.2, 0.25) is 0 Å². The van der Waals surface area contributed by atoms with Gasteiger partial charge < -0.3 is 18.9 Å². The molecule has 1 heterocycles. The van der Waals surface area contributed by atoms with Crippen LogP contribution in [0.3, 0.4) is 0 Å². The number of benzene rings is 1. The summed E-state index contributed by atoms with van der Waals surface area (Å²) in [5, 5.41) is 0. The summed E-state index contributed by atoms with van der Waals surface area (Å²) < 4.78 is 20.9. The van der Waals surface area contributed by atoms with E-state index in [1.54, 1.807) is 13.2 Å². The van der Waals surface area contributed by atoms with Crippen LogP contribution >= 0.6 is 0 Å². The fourth-order valence-electron chi connectivity index (χ4n) is 2.47. The first kappa shape index (κ1) is 18.5. The van der Waals surface area contributed by atoms with E-state index in [1.807, 2.05) is 19.9 Å². The molecule has 0 aliphatic heterocycles. The Balaban J connectivity index is 2.62. The van der Waals surface area contributed by atoms with Crippen LogP contribution in [0.15, 0.2) is 18.3 Å². The van der Waals surface area contributed by atoms with Crippen LogP contribution in [-0.4, -0.2) is 44.2 Å². The van der Waals surface area contributed by atoms with Crippen molar-refractivity contribution in [1.29, 1.82) is 0 Å². The Morgan fingerprint density at radius 1 is 0.920 bits per heavy atom. The number of carbonyl (C=O) groups is 1. The van der Waals surface area contributed by atoms with Crippen molar-refractivity contribution in [1.82, 2.24) is 9.97 Å².